The molecule has 40 heavy (non-hydrogen) atoms. The fourth-order valence-corrected chi connectivity index (χ4v) is 4.39. The molecule has 0 aliphatic heterocycles. The van der Waals surface area contributed by atoms with Gasteiger partial charge in [0.25, 0.3) is 0 Å². The molecule has 9 nitrogen and oxygen atoms in total. The van der Waals surface area contributed by atoms with Gasteiger partial charge >= 0.3 is 18.0 Å². The quantitative estimate of drug-likeness (QED) is 0.308. The number of ether oxygens (including phenoxy) is 3. The smallest absolute Gasteiger partial charge is 0.408 e. The number of carbonyl (C=O) groups excluding carboxylic acids is 4. The van der Waals surface area contributed by atoms with Gasteiger partial charge in [-0.3, -0.25) is 9.59 Å². The van der Waals surface area contributed by atoms with Gasteiger partial charge in [-0.15, -0.1) is 0 Å². The van der Waals surface area contributed by atoms with E-state index in [4.69, 9.17) is 14.2 Å². The third kappa shape index (κ3) is 11.1. The predicted molar refractivity (Wildman–Crippen MR) is 149 cm³/mol. The summed E-state index contributed by atoms with van der Waals surface area (Å²) in [5.74, 6) is -1.96. The van der Waals surface area contributed by atoms with E-state index in [1.165, 1.54) is 0 Å². The number of hydrogen-bond acceptors (Lipinski definition) is 7. The second kappa shape index (κ2) is 15.1. The second-order valence-corrected chi connectivity index (χ2v) is 11.0. The molecule has 9 heteroatoms. The fraction of sp³-hybridized carbons (Fsp3) is 0.484. The molecule has 0 spiro atoms. The number of esters is 2. The van der Waals surface area contributed by atoms with Crippen LogP contribution in [0, 0.1) is 0 Å². The standard InChI is InChI=1S/C31H40N2O7/c1-31(2,3)40-30(37)33-25(20-27(34)39-24-17-11-6-12-18-24)28(35)32-26(19-22-13-7-4-8-14-22)29(36)38-21-23-15-9-5-10-16-23/h4-5,7-10,13-16,24-26H,6,11-12,17-21H2,1-3H3,(H,32,35)(H,33,37). The number of alkyl carbamates (subject to hydrolysis) is 1. The monoisotopic (exact) mass is 552 g/mol. The van der Waals surface area contributed by atoms with E-state index >= 15 is 0 Å². The average molecular weight is 553 g/mol. The molecule has 2 atom stereocenters. The zero-order chi connectivity index (χ0) is 29.0. The summed E-state index contributed by atoms with van der Waals surface area (Å²) in [6.07, 6.45) is 3.29. The van der Waals surface area contributed by atoms with Gasteiger partial charge in [-0.25, -0.2) is 9.59 Å². The first-order valence-electron chi connectivity index (χ1n) is 13.8. The Hall–Kier alpha value is -3.88. The number of rotatable bonds is 11. The molecule has 0 saturated heterocycles. The van der Waals surface area contributed by atoms with E-state index in [9.17, 15) is 19.2 Å². The summed E-state index contributed by atoms with van der Waals surface area (Å²) in [5, 5.41) is 5.17. The Labute approximate surface area is 236 Å². The van der Waals surface area contributed by atoms with E-state index in [2.05, 4.69) is 10.6 Å². The molecular formula is C31H40N2O7. The molecule has 0 radical (unpaired) electrons. The molecule has 1 saturated carbocycles. The Balaban J connectivity index is 1.73. The van der Waals surface area contributed by atoms with Crippen LogP contribution in [0.1, 0.15) is 70.4 Å². The maximum Gasteiger partial charge on any atom is 0.408 e. The SMILES string of the molecule is CC(C)(C)OC(=O)NC(CC(=O)OC1CCCCC1)C(=O)NC(Cc1ccccc1)C(=O)OCc1ccccc1. The second-order valence-electron chi connectivity index (χ2n) is 11.0. The van der Waals surface area contributed by atoms with E-state index < -0.39 is 48.0 Å². The highest BCUT2D eigenvalue weighted by molar-refractivity contribution is 5.92. The third-order valence-electron chi connectivity index (χ3n) is 6.34. The first-order chi connectivity index (χ1) is 19.1. The molecule has 2 unspecified atom stereocenters. The number of carbonyl (C=O) groups is 4. The lowest BCUT2D eigenvalue weighted by molar-refractivity contribution is -0.152. The molecule has 2 N–H and O–H groups in total. The highest BCUT2D eigenvalue weighted by Gasteiger charge is 2.32. The van der Waals surface area contributed by atoms with Crippen molar-refractivity contribution in [1.82, 2.24) is 10.6 Å². The summed E-state index contributed by atoms with van der Waals surface area (Å²) < 4.78 is 16.4. The van der Waals surface area contributed by atoms with Crippen molar-refractivity contribution < 1.29 is 33.4 Å². The van der Waals surface area contributed by atoms with Crippen molar-refractivity contribution in [3.8, 4) is 0 Å². The first kappa shape index (κ1) is 30.7. The lowest BCUT2D eigenvalue weighted by Crippen LogP contribution is -2.54. The summed E-state index contributed by atoms with van der Waals surface area (Å²) in [6, 6.07) is 16.0. The van der Waals surface area contributed by atoms with Crippen molar-refractivity contribution >= 4 is 23.9 Å². The van der Waals surface area contributed by atoms with E-state index in [0.717, 1.165) is 43.2 Å². The van der Waals surface area contributed by atoms with Crippen molar-refractivity contribution in [1.29, 1.82) is 0 Å². The number of nitrogens with one attached hydrogen (secondary N) is 2. The van der Waals surface area contributed by atoms with E-state index in [0.29, 0.717) is 0 Å². The van der Waals surface area contributed by atoms with Gasteiger partial charge in [0.15, 0.2) is 0 Å². The molecule has 1 fully saturated rings. The minimum absolute atomic E-state index is 0.0358. The lowest BCUT2D eigenvalue weighted by Gasteiger charge is -2.26. The van der Waals surface area contributed by atoms with Gasteiger partial charge in [0.2, 0.25) is 5.91 Å². The largest absolute Gasteiger partial charge is 0.462 e. The maximum atomic E-state index is 13.5. The van der Waals surface area contributed by atoms with Crippen molar-refractivity contribution in [3.05, 3.63) is 71.8 Å². The van der Waals surface area contributed by atoms with Gasteiger partial charge < -0.3 is 24.8 Å². The van der Waals surface area contributed by atoms with Crippen LogP contribution in [-0.4, -0.2) is 47.7 Å². The van der Waals surface area contributed by atoms with Crippen LogP contribution in [0.15, 0.2) is 60.7 Å². The number of hydrogen-bond donors (Lipinski definition) is 2. The third-order valence-corrected chi connectivity index (χ3v) is 6.34. The van der Waals surface area contributed by atoms with Crippen LogP contribution in [0.3, 0.4) is 0 Å². The first-order valence-corrected chi connectivity index (χ1v) is 13.8. The molecule has 0 heterocycles. The van der Waals surface area contributed by atoms with Gasteiger partial charge in [-0.1, -0.05) is 67.1 Å². The predicted octanol–water partition coefficient (Wildman–Crippen LogP) is 4.62. The molecule has 2 amide bonds. The number of benzene rings is 2. The lowest BCUT2D eigenvalue weighted by atomic mass is 9.98. The van der Waals surface area contributed by atoms with Crippen LogP contribution in [0.25, 0.3) is 0 Å². The molecule has 2 aromatic rings. The summed E-state index contributed by atoms with van der Waals surface area (Å²) in [5.41, 5.74) is 0.790. The normalized spacial score (nSPS) is 15.3. The Morgan fingerprint density at radius 1 is 0.825 bits per heavy atom. The minimum atomic E-state index is -1.31. The maximum absolute atomic E-state index is 13.5. The zero-order valence-electron chi connectivity index (χ0n) is 23.5. The van der Waals surface area contributed by atoms with Gasteiger partial charge in [0.05, 0.1) is 6.42 Å². The Morgan fingerprint density at radius 2 is 1.43 bits per heavy atom. The number of amides is 2. The highest BCUT2D eigenvalue weighted by atomic mass is 16.6. The van der Waals surface area contributed by atoms with E-state index in [1.54, 1.807) is 20.8 Å². The Kier molecular flexibility index (Phi) is 11.5. The van der Waals surface area contributed by atoms with Crippen LogP contribution in [-0.2, 0) is 41.6 Å². The Morgan fingerprint density at radius 3 is 2.02 bits per heavy atom. The summed E-state index contributed by atoms with van der Waals surface area (Å²) in [4.78, 5) is 51.9. The van der Waals surface area contributed by atoms with Crippen LogP contribution >= 0.6 is 0 Å². The fourth-order valence-electron chi connectivity index (χ4n) is 4.39. The molecule has 216 valence electrons. The van der Waals surface area contributed by atoms with E-state index in [-0.39, 0.29) is 19.1 Å². The van der Waals surface area contributed by atoms with Crippen LogP contribution in [0.2, 0.25) is 0 Å². The topological polar surface area (TPSA) is 120 Å². The summed E-state index contributed by atoms with van der Waals surface area (Å²) in [6.45, 7) is 5.11. The van der Waals surface area contributed by atoms with Gasteiger partial charge in [0, 0.05) is 6.42 Å². The average Bonchev–Trinajstić information content (AvgIpc) is 2.91. The van der Waals surface area contributed by atoms with Crippen molar-refractivity contribution in [3.63, 3.8) is 0 Å². The molecule has 1 aliphatic rings. The van der Waals surface area contributed by atoms with Crippen molar-refractivity contribution in [2.24, 2.45) is 0 Å². The van der Waals surface area contributed by atoms with Crippen molar-refractivity contribution in [2.75, 3.05) is 0 Å². The highest BCUT2D eigenvalue weighted by Crippen LogP contribution is 2.21. The summed E-state index contributed by atoms with van der Waals surface area (Å²) >= 11 is 0. The molecule has 1 aliphatic carbocycles. The van der Waals surface area contributed by atoms with Crippen LogP contribution < -0.4 is 10.6 Å². The molecular weight excluding hydrogens is 512 g/mol. The molecule has 3 rings (SSSR count). The van der Waals surface area contributed by atoms with Gasteiger partial charge in [-0.2, -0.15) is 0 Å². The summed E-state index contributed by atoms with van der Waals surface area (Å²) in [7, 11) is 0. The van der Waals surface area contributed by atoms with Crippen LogP contribution in [0.5, 0.6) is 0 Å². The van der Waals surface area contributed by atoms with Crippen molar-refractivity contribution in [2.45, 2.75) is 96.1 Å². The molecule has 2 aromatic carbocycles. The zero-order valence-corrected chi connectivity index (χ0v) is 23.5. The molecule has 0 aromatic heterocycles. The van der Waals surface area contributed by atoms with E-state index in [1.807, 2.05) is 60.7 Å². The Bertz CT molecular complexity index is 1110. The minimum Gasteiger partial charge on any atom is -0.462 e. The van der Waals surface area contributed by atoms with Crippen LogP contribution in [0.4, 0.5) is 4.79 Å². The van der Waals surface area contributed by atoms with Gasteiger partial charge in [-0.05, 0) is 57.6 Å². The van der Waals surface area contributed by atoms with Gasteiger partial charge in [0.1, 0.15) is 30.4 Å². The molecule has 0 bridgehead atoms.